The minimum Gasteiger partial charge on any atom is -0.484 e. The Labute approximate surface area is 171 Å². The number of anilines is 1. The van der Waals surface area contributed by atoms with Crippen molar-refractivity contribution in [3.05, 3.63) is 75.5 Å². The number of nitro benzene ring substituents is 1. The number of amides is 1. The van der Waals surface area contributed by atoms with Crippen LogP contribution in [0.25, 0.3) is 5.69 Å². The molecule has 8 nitrogen and oxygen atoms in total. The predicted molar refractivity (Wildman–Crippen MR) is 111 cm³/mol. The molecule has 2 aromatic carbocycles. The molecular weight excluding hydrogens is 392 g/mol. The highest BCUT2D eigenvalue weighted by molar-refractivity contribution is 7.98. The summed E-state index contributed by atoms with van der Waals surface area (Å²) in [5, 5.41) is 18.4. The Bertz CT molecular complexity index is 1060. The smallest absolute Gasteiger partial charge is 0.269 e. The van der Waals surface area contributed by atoms with Gasteiger partial charge in [-0.2, -0.15) is 16.9 Å². The zero-order valence-corrected chi connectivity index (χ0v) is 16.4. The van der Waals surface area contributed by atoms with E-state index in [1.165, 1.54) is 12.1 Å². The summed E-state index contributed by atoms with van der Waals surface area (Å²) in [4.78, 5) is 22.9. The minimum absolute atomic E-state index is 0.00101. The van der Waals surface area contributed by atoms with Crippen LogP contribution in [0.2, 0.25) is 0 Å². The molecule has 3 aromatic rings. The quantitative estimate of drug-likeness (QED) is 0.489. The molecule has 0 atom stereocenters. The number of non-ortho nitro benzene ring substituents is 1. The molecule has 0 fully saturated rings. The van der Waals surface area contributed by atoms with Crippen molar-refractivity contribution in [1.29, 1.82) is 0 Å². The van der Waals surface area contributed by atoms with Gasteiger partial charge in [-0.05, 0) is 31.2 Å². The van der Waals surface area contributed by atoms with Crippen LogP contribution in [0.5, 0.6) is 5.75 Å². The van der Waals surface area contributed by atoms with Gasteiger partial charge in [0.15, 0.2) is 6.61 Å². The van der Waals surface area contributed by atoms with E-state index in [0.29, 0.717) is 17.3 Å². The minimum atomic E-state index is -0.450. The second kappa shape index (κ2) is 7.96. The Morgan fingerprint density at radius 2 is 1.93 bits per heavy atom. The number of thioether (sulfide) groups is 1. The van der Waals surface area contributed by atoms with E-state index in [9.17, 15) is 14.9 Å². The van der Waals surface area contributed by atoms with E-state index in [2.05, 4.69) is 10.4 Å². The Morgan fingerprint density at radius 3 is 2.62 bits per heavy atom. The Morgan fingerprint density at radius 1 is 1.21 bits per heavy atom. The van der Waals surface area contributed by atoms with Crippen LogP contribution in [0.1, 0.15) is 16.8 Å². The number of rotatable bonds is 6. The van der Waals surface area contributed by atoms with Crippen LogP contribution in [-0.4, -0.2) is 27.2 Å². The van der Waals surface area contributed by atoms with Crippen molar-refractivity contribution >= 4 is 29.2 Å². The summed E-state index contributed by atoms with van der Waals surface area (Å²) in [6.45, 7) is 1.85. The number of aryl methyl sites for hydroxylation is 1. The van der Waals surface area contributed by atoms with Crippen molar-refractivity contribution < 1.29 is 14.5 Å². The lowest BCUT2D eigenvalue weighted by Crippen LogP contribution is -2.22. The van der Waals surface area contributed by atoms with Crippen molar-refractivity contribution in [2.75, 3.05) is 11.9 Å². The van der Waals surface area contributed by atoms with Crippen molar-refractivity contribution in [3.63, 3.8) is 0 Å². The van der Waals surface area contributed by atoms with E-state index in [0.717, 1.165) is 28.3 Å². The highest BCUT2D eigenvalue weighted by atomic mass is 32.2. The maximum absolute atomic E-state index is 12.5. The van der Waals surface area contributed by atoms with Crippen LogP contribution < -0.4 is 10.1 Å². The number of nitrogens with one attached hydrogen (secondary N) is 1. The number of carbonyl (C=O) groups is 1. The number of benzene rings is 2. The van der Waals surface area contributed by atoms with Crippen LogP contribution in [0, 0.1) is 17.0 Å². The fourth-order valence-electron chi connectivity index (χ4n) is 3.00. The van der Waals surface area contributed by atoms with Crippen molar-refractivity contribution in [2.45, 2.75) is 18.4 Å². The number of ether oxygens (including phenoxy) is 1. The molecule has 0 saturated heterocycles. The normalized spacial score (nSPS) is 12.4. The third-order valence-corrected chi connectivity index (χ3v) is 5.48. The molecule has 0 spiro atoms. The average molecular weight is 410 g/mol. The van der Waals surface area contributed by atoms with E-state index in [1.54, 1.807) is 28.6 Å². The molecule has 148 valence electrons. The summed E-state index contributed by atoms with van der Waals surface area (Å²) in [6.07, 6.45) is 0. The summed E-state index contributed by atoms with van der Waals surface area (Å²) in [7, 11) is 0. The molecule has 0 aliphatic carbocycles. The summed E-state index contributed by atoms with van der Waals surface area (Å²) < 4.78 is 7.18. The SMILES string of the molecule is Cc1ccc(OCC(=O)Nc2c3c(nn2-c2ccc([N+](=O)[O-])cc2)CSC3)cc1. The van der Waals surface area contributed by atoms with Gasteiger partial charge in [0, 0.05) is 29.2 Å². The second-order valence-corrected chi connectivity index (χ2v) is 7.59. The molecule has 0 unspecified atom stereocenters. The lowest BCUT2D eigenvalue weighted by atomic mass is 10.2. The number of aromatic nitrogens is 2. The van der Waals surface area contributed by atoms with Crippen LogP contribution in [0.3, 0.4) is 0 Å². The largest absolute Gasteiger partial charge is 0.484 e. The molecule has 1 aliphatic heterocycles. The molecule has 4 rings (SSSR count). The van der Waals surface area contributed by atoms with Gasteiger partial charge in [0.25, 0.3) is 11.6 Å². The maximum Gasteiger partial charge on any atom is 0.269 e. The fourth-order valence-corrected chi connectivity index (χ4v) is 4.03. The fraction of sp³-hybridized carbons (Fsp3) is 0.200. The summed E-state index contributed by atoms with van der Waals surface area (Å²) in [5.41, 5.74) is 3.63. The van der Waals surface area contributed by atoms with E-state index in [1.807, 2.05) is 31.2 Å². The molecule has 0 radical (unpaired) electrons. The topological polar surface area (TPSA) is 99.3 Å². The third-order valence-electron chi connectivity index (χ3n) is 4.51. The van der Waals surface area contributed by atoms with E-state index >= 15 is 0 Å². The van der Waals surface area contributed by atoms with Gasteiger partial charge >= 0.3 is 0 Å². The second-order valence-electron chi connectivity index (χ2n) is 6.60. The third kappa shape index (κ3) is 4.09. The molecule has 0 saturated carbocycles. The molecule has 2 heterocycles. The van der Waals surface area contributed by atoms with Crippen LogP contribution >= 0.6 is 11.8 Å². The summed E-state index contributed by atoms with van der Waals surface area (Å²) in [5.74, 6) is 2.41. The number of fused-ring (bicyclic) bond motifs is 1. The first-order chi connectivity index (χ1) is 14.0. The lowest BCUT2D eigenvalue weighted by Gasteiger charge is -2.12. The molecule has 1 N–H and O–H groups in total. The highest BCUT2D eigenvalue weighted by Crippen LogP contribution is 2.36. The highest BCUT2D eigenvalue weighted by Gasteiger charge is 2.25. The lowest BCUT2D eigenvalue weighted by molar-refractivity contribution is -0.384. The van der Waals surface area contributed by atoms with E-state index in [-0.39, 0.29) is 18.2 Å². The first kappa shape index (κ1) is 19.0. The summed E-state index contributed by atoms with van der Waals surface area (Å²) >= 11 is 1.72. The molecule has 1 amide bonds. The Balaban J connectivity index is 1.54. The average Bonchev–Trinajstić information content (AvgIpc) is 3.30. The van der Waals surface area contributed by atoms with Gasteiger partial charge in [-0.15, -0.1) is 0 Å². The number of nitrogens with zero attached hydrogens (tertiary/aromatic N) is 3. The van der Waals surface area contributed by atoms with Gasteiger partial charge in [-0.25, -0.2) is 4.68 Å². The van der Waals surface area contributed by atoms with Crippen LogP contribution in [0.4, 0.5) is 11.5 Å². The maximum atomic E-state index is 12.5. The number of nitro groups is 1. The zero-order chi connectivity index (χ0) is 20.4. The first-order valence-electron chi connectivity index (χ1n) is 8.94. The van der Waals surface area contributed by atoms with Crippen molar-refractivity contribution in [1.82, 2.24) is 9.78 Å². The Kier molecular flexibility index (Phi) is 5.22. The van der Waals surface area contributed by atoms with Gasteiger partial charge in [0.1, 0.15) is 11.6 Å². The molecular formula is C20H18N4O4S. The van der Waals surface area contributed by atoms with Crippen molar-refractivity contribution in [2.24, 2.45) is 0 Å². The molecule has 0 bridgehead atoms. The molecule has 9 heteroatoms. The molecule has 1 aliphatic rings. The van der Waals surface area contributed by atoms with Gasteiger partial charge in [-0.3, -0.25) is 14.9 Å². The van der Waals surface area contributed by atoms with Gasteiger partial charge in [0.2, 0.25) is 0 Å². The standard InChI is InChI=1S/C20H18N4O4S/c1-13-2-8-16(9-3-13)28-10-19(25)21-20-17-11-29-12-18(17)22-23(20)14-4-6-15(7-5-14)24(26)27/h2-9H,10-12H2,1H3,(H,21,25). The monoisotopic (exact) mass is 410 g/mol. The Hall–Kier alpha value is -3.33. The van der Waals surface area contributed by atoms with Gasteiger partial charge in [-0.1, -0.05) is 17.7 Å². The van der Waals surface area contributed by atoms with Crippen LogP contribution in [0.15, 0.2) is 48.5 Å². The number of hydrogen-bond donors (Lipinski definition) is 1. The van der Waals surface area contributed by atoms with Gasteiger partial charge in [0.05, 0.1) is 16.3 Å². The summed E-state index contributed by atoms with van der Waals surface area (Å²) in [6, 6.07) is 13.5. The van der Waals surface area contributed by atoms with Crippen LogP contribution in [-0.2, 0) is 16.3 Å². The molecule has 1 aromatic heterocycles. The first-order valence-corrected chi connectivity index (χ1v) is 10.1. The number of hydrogen-bond acceptors (Lipinski definition) is 6. The number of carbonyl (C=O) groups excluding carboxylic acids is 1. The zero-order valence-electron chi connectivity index (χ0n) is 15.6. The predicted octanol–water partition coefficient (Wildman–Crippen LogP) is 3.85. The van der Waals surface area contributed by atoms with E-state index in [4.69, 9.17) is 4.74 Å². The molecule has 29 heavy (non-hydrogen) atoms. The van der Waals surface area contributed by atoms with Gasteiger partial charge < -0.3 is 10.1 Å². The van der Waals surface area contributed by atoms with Crippen molar-refractivity contribution in [3.8, 4) is 11.4 Å². The van der Waals surface area contributed by atoms with E-state index < -0.39 is 4.92 Å².